The van der Waals surface area contributed by atoms with Gasteiger partial charge in [-0.15, -0.1) is 11.3 Å². The minimum atomic E-state index is -0.505. The molecule has 3 amide bonds. The van der Waals surface area contributed by atoms with E-state index >= 15 is 0 Å². The number of aryl methyl sites for hydroxylation is 2. The highest BCUT2D eigenvalue weighted by Crippen LogP contribution is 2.21. The number of carbonyl (C=O) groups excluding carboxylic acids is 3. The highest BCUT2D eigenvalue weighted by molar-refractivity contribution is 7.14. The van der Waals surface area contributed by atoms with Gasteiger partial charge in [0.2, 0.25) is 0 Å². The highest BCUT2D eigenvalue weighted by Gasteiger charge is 2.18. The van der Waals surface area contributed by atoms with Crippen LogP contribution >= 0.6 is 11.3 Å². The molecule has 0 aromatic carbocycles. The van der Waals surface area contributed by atoms with Crippen LogP contribution in [0.25, 0.3) is 0 Å². The van der Waals surface area contributed by atoms with E-state index < -0.39 is 11.8 Å². The summed E-state index contributed by atoms with van der Waals surface area (Å²) in [4.78, 5) is 38.7. The molecule has 0 unspecified atom stereocenters. The quantitative estimate of drug-likeness (QED) is 0.805. The van der Waals surface area contributed by atoms with Crippen LogP contribution in [0.1, 0.15) is 37.6 Å². The molecule has 0 bridgehead atoms. The Bertz CT molecular complexity index is 737. The monoisotopic (exact) mass is 349 g/mol. The first-order valence-corrected chi connectivity index (χ1v) is 8.21. The molecule has 128 valence electrons. The number of furan rings is 1. The van der Waals surface area contributed by atoms with Crippen LogP contribution in [-0.4, -0.2) is 36.2 Å². The number of likely N-dealkylation sites (N-methyl/N-ethyl adjacent to an activating group) is 1. The van der Waals surface area contributed by atoms with Crippen molar-refractivity contribution in [2.24, 2.45) is 0 Å². The van der Waals surface area contributed by atoms with Crippen molar-refractivity contribution in [1.29, 1.82) is 0 Å². The first-order chi connectivity index (χ1) is 11.4. The fourth-order valence-corrected chi connectivity index (χ4v) is 3.10. The molecule has 0 aliphatic rings. The van der Waals surface area contributed by atoms with Gasteiger partial charge < -0.3 is 9.32 Å². The number of hydrazine groups is 1. The molecule has 24 heavy (non-hydrogen) atoms. The second kappa shape index (κ2) is 7.78. The molecule has 2 N–H and O–H groups in total. The standard InChI is InChI=1S/C16H19N3O4S/c1-4-12-10(2)8-13(24-12)15(21)18-17-14(20)9-19(3)16(22)11-6-5-7-23-11/h5-8H,4,9H2,1-3H3,(H,17,20)(H,18,21). The summed E-state index contributed by atoms with van der Waals surface area (Å²) in [6.07, 6.45) is 2.24. The van der Waals surface area contributed by atoms with E-state index in [1.54, 1.807) is 12.1 Å². The molecular formula is C16H19N3O4S. The van der Waals surface area contributed by atoms with Gasteiger partial charge in [0.25, 0.3) is 17.7 Å². The Balaban J connectivity index is 1.84. The van der Waals surface area contributed by atoms with Gasteiger partial charge in [-0.05, 0) is 37.1 Å². The van der Waals surface area contributed by atoms with Crippen molar-refractivity contribution in [2.75, 3.05) is 13.6 Å². The maximum atomic E-state index is 12.0. The minimum absolute atomic E-state index is 0.149. The Morgan fingerprint density at radius 3 is 2.62 bits per heavy atom. The van der Waals surface area contributed by atoms with Crippen LogP contribution in [0.15, 0.2) is 28.9 Å². The third-order valence-corrected chi connectivity index (χ3v) is 4.72. The molecule has 7 nitrogen and oxygen atoms in total. The van der Waals surface area contributed by atoms with Crippen molar-refractivity contribution in [3.05, 3.63) is 45.5 Å². The largest absolute Gasteiger partial charge is 0.459 e. The zero-order valence-corrected chi connectivity index (χ0v) is 14.5. The van der Waals surface area contributed by atoms with Gasteiger partial charge in [-0.2, -0.15) is 0 Å². The fraction of sp³-hybridized carbons (Fsp3) is 0.312. The smallest absolute Gasteiger partial charge is 0.289 e. The van der Waals surface area contributed by atoms with Crippen molar-refractivity contribution < 1.29 is 18.8 Å². The van der Waals surface area contributed by atoms with Crippen LogP contribution in [0.3, 0.4) is 0 Å². The van der Waals surface area contributed by atoms with E-state index in [0.29, 0.717) is 4.88 Å². The van der Waals surface area contributed by atoms with Crippen molar-refractivity contribution >= 4 is 29.1 Å². The third kappa shape index (κ3) is 4.23. The number of nitrogens with one attached hydrogen (secondary N) is 2. The molecule has 8 heteroatoms. The van der Waals surface area contributed by atoms with E-state index in [0.717, 1.165) is 16.9 Å². The summed E-state index contributed by atoms with van der Waals surface area (Å²) >= 11 is 1.40. The van der Waals surface area contributed by atoms with Crippen molar-refractivity contribution in [3.63, 3.8) is 0 Å². The maximum absolute atomic E-state index is 12.0. The van der Waals surface area contributed by atoms with Crippen LogP contribution in [0.4, 0.5) is 0 Å². The lowest BCUT2D eigenvalue weighted by atomic mass is 10.2. The molecular weight excluding hydrogens is 330 g/mol. The van der Waals surface area contributed by atoms with Gasteiger partial charge in [0.1, 0.15) is 6.54 Å². The zero-order chi connectivity index (χ0) is 17.7. The summed E-state index contributed by atoms with van der Waals surface area (Å²) in [5.41, 5.74) is 5.71. The predicted octanol–water partition coefficient (Wildman–Crippen LogP) is 1.75. The molecule has 0 saturated carbocycles. The Labute approximate surface area is 143 Å². The lowest BCUT2D eigenvalue weighted by molar-refractivity contribution is -0.122. The van der Waals surface area contributed by atoms with E-state index in [1.807, 2.05) is 13.8 Å². The Hall–Kier alpha value is -2.61. The normalized spacial score (nSPS) is 10.3. The van der Waals surface area contributed by atoms with Gasteiger partial charge in [0.05, 0.1) is 11.1 Å². The number of carbonyl (C=O) groups is 3. The average Bonchev–Trinajstić information content (AvgIpc) is 3.21. The second-order valence-electron chi connectivity index (χ2n) is 5.21. The summed E-state index contributed by atoms with van der Waals surface area (Å²) in [5.74, 6) is -1.15. The molecule has 0 saturated heterocycles. The molecule has 0 radical (unpaired) electrons. The molecule has 0 fully saturated rings. The van der Waals surface area contributed by atoms with Crippen molar-refractivity contribution in [1.82, 2.24) is 15.8 Å². The summed E-state index contributed by atoms with van der Waals surface area (Å²) in [6, 6.07) is 4.90. The lowest BCUT2D eigenvalue weighted by Crippen LogP contribution is -2.46. The van der Waals surface area contributed by atoms with Gasteiger partial charge >= 0.3 is 0 Å². The summed E-state index contributed by atoms with van der Waals surface area (Å²) in [7, 11) is 1.47. The maximum Gasteiger partial charge on any atom is 0.289 e. The lowest BCUT2D eigenvalue weighted by Gasteiger charge is -2.15. The Morgan fingerprint density at radius 1 is 1.29 bits per heavy atom. The number of amides is 3. The van der Waals surface area contributed by atoms with Crippen LogP contribution in [-0.2, 0) is 11.2 Å². The van der Waals surface area contributed by atoms with Crippen LogP contribution in [0, 0.1) is 6.92 Å². The summed E-state index contributed by atoms with van der Waals surface area (Å²) in [5, 5.41) is 0. The SMILES string of the molecule is CCc1sc(C(=O)NNC(=O)CN(C)C(=O)c2ccco2)cc1C. The second-order valence-corrected chi connectivity index (χ2v) is 6.35. The first kappa shape index (κ1) is 17.7. The van der Waals surface area contributed by atoms with Gasteiger partial charge in [0, 0.05) is 11.9 Å². The molecule has 0 spiro atoms. The van der Waals surface area contributed by atoms with Crippen LogP contribution in [0.2, 0.25) is 0 Å². The van der Waals surface area contributed by atoms with Crippen molar-refractivity contribution in [2.45, 2.75) is 20.3 Å². The molecule has 2 aromatic heterocycles. The summed E-state index contributed by atoms with van der Waals surface area (Å²) in [6.45, 7) is 3.76. The molecule has 2 rings (SSSR count). The Kier molecular flexibility index (Phi) is 5.75. The van der Waals surface area contributed by atoms with E-state index in [9.17, 15) is 14.4 Å². The molecule has 0 atom stereocenters. The van der Waals surface area contributed by atoms with Gasteiger partial charge in [-0.1, -0.05) is 6.92 Å². The average molecular weight is 349 g/mol. The first-order valence-electron chi connectivity index (χ1n) is 7.39. The highest BCUT2D eigenvalue weighted by atomic mass is 32.1. The Morgan fingerprint density at radius 2 is 2.04 bits per heavy atom. The zero-order valence-electron chi connectivity index (χ0n) is 13.7. The molecule has 2 heterocycles. The van der Waals surface area contributed by atoms with Crippen molar-refractivity contribution in [3.8, 4) is 0 Å². The van der Waals surface area contributed by atoms with E-state index in [1.165, 1.54) is 35.6 Å². The van der Waals surface area contributed by atoms with Crippen LogP contribution < -0.4 is 10.9 Å². The van der Waals surface area contributed by atoms with Gasteiger partial charge in [-0.3, -0.25) is 25.2 Å². The van der Waals surface area contributed by atoms with Gasteiger partial charge in [0.15, 0.2) is 5.76 Å². The number of hydrogen-bond donors (Lipinski definition) is 2. The number of rotatable bonds is 5. The third-order valence-electron chi connectivity index (χ3n) is 3.34. The summed E-state index contributed by atoms with van der Waals surface area (Å²) < 4.78 is 4.99. The molecule has 0 aliphatic carbocycles. The van der Waals surface area contributed by atoms with E-state index in [4.69, 9.17) is 4.42 Å². The predicted molar refractivity (Wildman–Crippen MR) is 89.7 cm³/mol. The molecule has 0 aliphatic heterocycles. The fourth-order valence-electron chi connectivity index (χ4n) is 2.09. The van der Waals surface area contributed by atoms with E-state index in [2.05, 4.69) is 10.9 Å². The van der Waals surface area contributed by atoms with Gasteiger partial charge in [-0.25, -0.2) is 0 Å². The topological polar surface area (TPSA) is 91.7 Å². The molecule has 2 aromatic rings. The number of hydrogen-bond acceptors (Lipinski definition) is 5. The number of thiophene rings is 1. The minimum Gasteiger partial charge on any atom is -0.459 e. The number of nitrogens with zero attached hydrogens (tertiary/aromatic N) is 1. The van der Waals surface area contributed by atoms with E-state index in [-0.39, 0.29) is 18.2 Å². The van der Waals surface area contributed by atoms with Crippen LogP contribution in [0.5, 0.6) is 0 Å².